The molecule has 1 aliphatic heterocycles. The molecule has 1 aliphatic rings. The SMILES string of the molecule is COc1c(OC2CCSCC2)cccc1-c1cn[nH]c1N. The zero-order chi connectivity index (χ0) is 14.7. The van der Waals surface area contributed by atoms with Crippen molar-refractivity contribution >= 4 is 17.6 Å². The Morgan fingerprint density at radius 3 is 2.76 bits per heavy atom. The van der Waals surface area contributed by atoms with Crippen molar-refractivity contribution in [1.29, 1.82) is 0 Å². The fourth-order valence-corrected chi connectivity index (χ4v) is 3.58. The summed E-state index contributed by atoms with van der Waals surface area (Å²) in [6.07, 6.45) is 4.11. The highest BCUT2D eigenvalue weighted by atomic mass is 32.2. The van der Waals surface area contributed by atoms with Crippen molar-refractivity contribution in [1.82, 2.24) is 10.2 Å². The van der Waals surface area contributed by atoms with Crippen LogP contribution in [-0.4, -0.2) is 34.9 Å². The van der Waals surface area contributed by atoms with Crippen molar-refractivity contribution in [2.24, 2.45) is 0 Å². The van der Waals surface area contributed by atoms with Gasteiger partial charge in [-0.1, -0.05) is 12.1 Å². The van der Waals surface area contributed by atoms with Gasteiger partial charge in [0.2, 0.25) is 0 Å². The first-order valence-electron chi connectivity index (χ1n) is 7.00. The van der Waals surface area contributed by atoms with Gasteiger partial charge in [0, 0.05) is 11.1 Å². The fraction of sp³-hybridized carbons (Fsp3) is 0.400. The zero-order valence-electron chi connectivity index (χ0n) is 12.0. The van der Waals surface area contributed by atoms with Crippen LogP contribution in [0.1, 0.15) is 12.8 Å². The number of anilines is 1. The third-order valence-corrected chi connectivity index (χ3v) is 4.65. The number of benzene rings is 1. The summed E-state index contributed by atoms with van der Waals surface area (Å²) in [5.41, 5.74) is 7.64. The van der Waals surface area contributed by atoms with E-state index in [4.69, 9.17) is 15.2 Å². The normalized spacial score (nSPS) is 15.9. The molecule has 1 aromatic carbocycles. The predicted molar refractivity (Wildman–Crippen MR) is 86.0 cm³/mol. The smallest absolute Gasteiger partial charge is 0.168 e. The van der Waals surface area contributed by atoms with E-state index in [1.807, 2.05) is 30.0 Å². The molecule has 1 aromatic heterocycles. The molecule has 3 rings (SSSR count). The van der Waals surface area contributed by atoms with Crippen LogP contribution in [0.2, 0.25) is 0 Å². The highest BCUT2D eigenvalue weighted by molar-refractivity contribution is 7.99. The van der Waals surface area contributed by atoms with Gasteiger partial charge in [-0.25, -0.2) is 0 Å². The number of nitrogens with one attached hydrogen (secondary N) is 1. The highest BCUT2D eigenvalue weighted by Gasteiger charge is 2.20. The summed E-state index contributed by atoms with van der Waals surface area (Å²) < 4.78 is 11.7. The van der Waals surface area contributed by atoms with E-state index in [2.05, 4.69) is 10.2 Å². The van der Waals surface area contributed by atoms with Gasteiger partial charge in [-0.3, -0.25) is 5.10 Å². The van der Waals surface area contributed by atoms with E-state index in [-0.39, 0.29) is 6.10 Å². The lowest BCUT2D eigenvalue weighted by Gasteiger charge is -2.24. The molecule has 0 spiro atoms. The summed E-state index contributed by atoms with van der Waals surface area (Å²) >= 11 is 1.98. The first kappa shape index (κ1) is 14.1. The Kier molecular flexibility index (Phi) is 4.24. The van der Waals surface area contributed by atoms with E-state index in [0.29, 0.717) is 11.6 Å². The van der Waals surface area contributed by atoms with Crippen LogP contribution in [0.5, 0.6) is 11.5 Å². The lowest BCUT2D eigenvalue weighted by molar-refractivity contribution is 0.185. The molecule has 3 N–H and O–H groups in total. The van der Waals surface area contributed by atoms with Crippen LogP contribution in [0.4, 0.5) is 5.82 Å². The molecule has 0 saturated carbocycles. The Balaban J connectivity index is 1.92. The first-order chi connectivity index (χ1) is 10.3. The van der Waals surface area contributed by atoms with Gasteiger partial charge >= 0.3 is 0 Å². The average molecular weight is 305 g/mol. The summed E-state index contributed by atoms with van der Waals surface area (Å²) in [7, 11) is 1.65. The van der Waals surface area contributed by atoms with Crippen LogP contribution < -0.4 is 15.2 Å². The van der Waals surface area contributed by atoms with Gasteiger partial charge in [0.1, 0.15) is 11.9 Å². The standard InChI is InChI=1S/C15H19N3O2S/c1-19-14-11(12-9-17-18-15(12)16)3-2-4-13(14)20-10-5-7-21-8-6-10/h2-4,9-10H,5-8H2,1H3,(H3,16,17,18). The van der Waals surface area contributed by atoms with Crippen molar-refractivity contribution in [2.75, 3.05) is 24.3 Å². The Bertz CT molecular complexity index is 609. The van der Waals surface area contributed by atoms with E-state index in [1.54, 1.807) is 13.3 Å². The van der Waals surface area contributed by atoms with E-state index < -0.39 is 0 Å². The lowest BCUT2D eigenvalue weighted by Crippen LogP contribution is -2.22. The van der Waals surface area contributed by atoms with Gasteiger partial charge in [-0.05, 0) is 30.4 Å². The molecule has 0 bridgehead atoms. The van der Waals surface area contributed by atoms with Crippen LogP contribution in [-0.2, 0) is 0 Å². The number of rotatable bonds is 4. The molecular formula is C15H19N3O2S. The summed E-state index contributed by atoms with van der Waals surface area (Å²) in [6, 6.07) is 5.86. The number of methoxy groups -OCH3 is 1. The maximum absolute atomic E-state index is 6.15. The van der Waals surface area contributed by atoms with E-state index in [0.717, 1.165) is 41.2 Å². The van der Waals surface area contributed by atoms with Crippen LogP contribution in [0.15, 0.2) is 24.4 Å². The number of thioether (sulfide) groups is 1. The molecule has 0 atom stereocenters. The number of hydrogen-bond acceptors (Lipinski definition) is 5. The number of para-hydroxylation sites is 1. The number of nitrogens with zero attached hydrogens (tertiary/aromatic N) is 1. The number of ether oxygens (including phenoxy) is 2. The van der Waals surface area contributed by atoms with Gasteiger partial charge in [0.05, 0.1) is 13.3 Å². The molecule has 21 heavy (non-hydrogen) atoms. The molecule has 1 saturated heterocycles. The Labute approximate surface area is 128 Å². The number of aromatic nitrogens is 2. The lowest BCUT2D eigenvalue weighted by atomic mass is 10.1. The van der Waals surface area contributed by atoms with Crippen LogP contribution in [0.25, 0.3) is 11.1 Å². The maximum Gasteiger partial charge on any atom is 0.168 e. The van der Waals surface area contributed by atoms with Crippen molar-refractivity contribution < 1.29 is 9.47 Å². The van der Waals surface area contributed by atoms with Gasteiger partial charge in [-0.15, -0.1) is 0 Å². The Morgan fingerprint density at radius 1 is 1.29 bits per heavy atom. The first-order valence-corrected chi connectivity index (χ1v) is 8.15. The minimum absolute atomic E-state index is 0.261. The molecule has 2 heterocycles. The molecule has 0 aliphatic carbocycles. The van der Waals surface area contributed by atoms with E-state index in [1.165, 1.54) is 0 Å². The number of nitrogens with two attached hydrogens (primary N) is 1. The van der Waals surface area contributed by atoms with Crippen molar-refractivity contribution in [3.63, 3.8) is 0 Å². The number of nitrogen functional groups attached to an aromatic ring is 1. The molecule has 0 unspecified atom stereocenters. The molecule has 112 valence electrons. The number of H-pyrrole nitrogens is 1. The third kappa shape index (κ3) is 2.95. The molecule has 1 fully saturated rings. The molecule has 5 nitrogen and oxygen atoms in total. The second-order valence-corrected chi connectivity index (χ2v) is 6.19. The van der Waals surface area contributed by atoms with E-state index in [9.17, 15) is 0 Å². The largest absolute Gasteiger partial charge is 0.492 e. The zero-order valence-corrected chi connectivity index (χ0v) is 12.8. The van der Waals surface area contributed by atoms with Crippen molar-refractivity contribution in [2.45, 2.75) is 18.9 Å². The minimum Gasteiger partial charge on any atom is -0.492 e. The molecule has 0 radical (unpaired) electrons. The van der Waals surface area contributed by atoms with E-state index >= 15 is 0 Å². The second kappa shape index (κ2) is 6.30. The van der Waals surface area contributed by atoms with Gasteiger partial charge in [-0.2, -0.15) is 16.9 Å². The fourth-order valence-electron chi connectivity index (χ4n) is 2.52. The molecule has 0 amide bonds. The summed E-state index contributed by atoms with van der Waals surface area (Å²) in [6.45, 7) is 0. The summed E-state index contributed by atoms with van der Waals surface area (Å²) in [4.78, 5) is 0. The molecule has 6 heteroatoms. The van der Waals surface area contributed by atoms with Crippen LogP contribution in [0, 0.1) is 0 Å². The third-order valence-electron chi connectivity index (χ3n) is 3.60. The Morgan fingerprint density at radius 2 is 2.10 bits per heavy atom. The second-order valence-electron chi connectivity index (χ2n) is 4.96. The number of hydrogen-bond donors (Lipinski definition) is 2. The van der Waals surface area contributed by atoms with Gasteiger partial charge < -0.3 is 15.2 Å². The van der Waals surface area contributed by atoms with Crippen LogP contribution in [0.3, 0.4) is 0 Å². The minimum atomic E-state index is 0.261. The molecular weight excluding hydrogens is 286 g/mol. The predicted octanol–water partition coefficient (Wildman–Crippen LogP) is 2.94. The summed E-state index contributed by atoms with van der Waals surface area (Å²) in [5, 5.41) is 6.72. The Hall–Kier alpha value is -1.82. The van der Waals surface area contributed by atoms with Crippen molar-refractivity contribution in [3.05, 3.63) is 24.4 Å². The summed E-state index contributed by atoms with van der Waals surface area (Å²) in [5.74, 6) is 4.32. The number of aromatic amines is 1. The van der Waals surface area contributed by atoms with Gasteiger partial charge in [0.25, 0.3) is 0 Å². The maximum atomic E-state index is 6.15. The van der Waals surface area contributed by atoms with Crippen molar-refractivity contribution in [3.8, 4) is 22.6 Å². The quantitative estimate of drug-likeness (QED) is 0.908. The average Bonchev–Trinajstić information content (AvgIpc) is 2.94. The topological polar surface area (TPSA) is 73.2 Å². The monoisotopic (exact) mass is 305 g/mol. The van der Waals surface area contributed by atoms with Gasteiger partial charge in [0.15, 0.2) is 11.5 Å². The van der Waals surface area contributed by atoms with Crippen LogP contribution >= 0.6 is 11.8 Å². The molecule has 2 aromatic rings. The highest BCUT2D eigenvalue weighted by Crippen LogP contribution is 2.40.